The first-order chi connectivity index (χ1) is 9.86. The summed E-state index contributed by atoms with van der Waals surface area (Å²) in [7, 11) is 0. The van der Waals surface area contributed by atoms with Crippen LogP contribution in [0.25, 0.3) is 0 Å². The van der Waals surface area contributed by atoms with Crippen LogP contribution in [-0.4, -0.2) is 0 Å². The monoisotopic (exact) mass is 276 g/mol. The maximum absolute atomic E-state index is 4.32. The van der Waals surface area contributed by atoms with E-state index in [1.54, 1.807) is 5.57 Å². The molecule has 0 nitrogen and oxygen atoms in total. The molecule has 20 heavy (non-hydrogen) atoms. The summed E-state index contributed by atoms with van der Waals surface area (Å²) in [6.07, 6.45) is 23.4. The molecule has 2 saturated carbocycles. The van der Waals surface area contributed by atoms with Crippen molar-refractivity contribution in [1.82, 2.24) is 0 Å². The van der Waals surface area contributed by atoms with E-state index in [1.165, 1.54) is 103 Å². The molecule has 0 saturated heterocycles. The highest BCUT2D eigenvalue weighted by Crippen LogP contribution is 2.46. The average Bonchev–Trinajstić information content (AvgIpc) is 3.16. The van der Waals surface area contributed by atoms with Gasteiger partial charge in [-0.25, -0.2) is 0 Å². The fourth-order valence-electron chi connectivity index (χ4n) is 3.94. The van der Waals surface area contributed by atoms with E-state index < -0.39 is 0 Å². The smallest absolute Gasteiger partial charge is 0.0292 e. The highest BCUT2D eigenvalue weighted by molar-refractivity contribution is 5.01. The largest absolute Gasteiger partial charge is 0.0999 e. The molecule has 0 heteroatoms. The number of allylic oxidation sites excluding steroid dienone is 1. The molecule has 0 heterocycles. The molecule has 0 bridgehead atoms. The van der Waals surface area contributed by atoms with Gasteiger partial charge in [0.1, 0.15) is 0 Å². The Bertz CT molecular complexity index is 265. The van der Waals surface area contributed by atoms with Crippen LogP contribution < -0.4 is 0 Å². The number of fused-ring (bicyclic) bond motifs is 1. The summed E-state index contributed by atoms with van der Waals surface area (Å²) in [6.45, 7) is 4.32. The van der Waals surface area contributed by atoms with Gasteiger partial charge in [0.2, 0.25) is 0 Å². The van der Waals surface area contributed by atoms with Crippen molar-refractivity contribution in [3.63, 3.8) is 0 Å². The first-order valence-electron chi connectivity index (χ1n) is 9.53. The molecule has 0 aromatic carbocycles. The average molecular weight is 277 g/mol. The zero-order valence-electron chi connectivity index (χ0n) is 13.7. The summed E-state index contributed by atoms with van der Waals surface area (Å²) >= 11 is 0. The Kier molecular flexibility index (Phi) is 7.76. The van der Waals surface area contributed by atoms with E-state index in [1.807, 2.05) is 0 Å². The predicted molar refractivity (Wildman–Crippen MR) is 90.0 cm³/mol. The van der Waals surface area contributed by atoms with Gasteiger partial charge in [-0.3, -0.25) is 0 Å². The van der Waals surface area contributed by atoms with Gasteiger partial charge in [-0.2, -0.15) is 0 Å². The van der Waals surface area contributed by atoms with Crippen LogP contribution in [0.5, 0.6) is 0 Å². The minimum absolute atomic E-state index is 1.03. The lowest BCUT2D eigenvalue weighted by Gasteiger charge is -2.07. The lowest BCUT2D eigenvalue weighted by molar-refractivity contribution is 0.516. The lowest BCUT2D eigenvalue weighted by Crippen LogP contribution is -1.90. The van der Waals surface area contributed by atoms with Gasteiger partial charge in [-0.15, -0.1) is 0 Å². The summed E-state index contributed by atoms with van der Waals surface area (Å²) < 4.78 is 0. The van der Waals surface area contributed by atoms with E-state index in [2.05, 4.69) is 6.58 Å². The standard InChI is InChI=1S/C20H36/c1-18-14-12-10-8-6-4-2-3-5-7-9-11-13-15-19-17-20(19)16-18/h19-20H,1-17H2. The topological polar surface area (TPSA) is 0 Å². The molecule has 2 aliphatic rings. The van der Waals surface area contributed by atoms with Gasteiger partial charge < -0.3 is 0 Å². The highest BCUT2D eigenvalue weighted by atomic mass is 14.4. The Morgan fingerprint density at radius 2 is 1.10 bits per heavy atom. The van der Waals surface area contributed by atoms with Crippen molar-refractivity contribution in [2.24, 2.45) is 11.8 Å². The third-order valence-electron chi connectivity index (χ3n) is 5.48. The molecule has 2 aliphatic carbocycles. The van der Waals surface area contributed by atoms with Crippen LogP contribution >= 0.6 is 0 Å². The number of hydrogen-bond acceptors (Lipinski definition) is 0. The van der Waals surface area contributed by atoms with E-state index in [4.69, 9.17) is 0 Å². The van der Waals surface area contributed by atoms with Crippen molar-refractivity contribution in [3.05, 3.63) is 12.2 Å². The van der Waals surface area contributed by atoms with Crippen LogP contribution in [0.2, 0.25) is 0 Å². The SMILES string of the molecule is C=C1CCCCCCCCCCCCCCC2CC2C1. The molecular weight excluding hydrogens is 240 g/mol. The number of hydrogen-bond donors (Lipinski definition) is 0. The zero-order chi connectivity index (χ0) is 14.0. The van der Waals surface area contributed by atoms with Crippen molar-refractivity contribution in [1.29, 1.82) is 0 Å². The molecule has 2 unspecified atom stereocenters. The van der Waals surface area contributed by atoms with Gasteiger partial charge in [0.15, 0.2) is 0 Å². The Hall–Kier alpha value is -0.260. The summed E-state index contributed by atoms with van der Waals surface area (Å²) in [6, 6.07) is 0. The van der Waals surface area contributed by atoms with Gasteiger partial charge in [0.05, 0.1) is 0 Å². The van der Waals surface area contributed by atoms with Crippen LogP contribution in [0.3, 0.4) is 0 Å². The minimum Gasteiger partial charge on any atom is -0.0999 e. The summed E-state index contributed by atoms with van der Waals surface area (Å²) in [5.74, 6) is 2.10. The molecule has 116 valence electrons. The van der Waals surface area contributed by atoms with E-state index in [0.717, 1.165) is 11.8 Å². The maximum Gasteiger partial charge on any atom is -0.0292 e. The van der Waals surface area contributed by atoms with Crippen molar-refractivity contribution in [2.45, 2.75) is 103 Å². The van der Waals surface area contributed by atoms with Crippen LogP contribution in [0.4, 0.5) is 0 Å². The molecular formula is C20H36. The van der Waals surface area contributed by atoms with Gasteiger partial charge in [-0.1, -0.05) is 89.2 Å². The molecule has 0 aromatic rings. The van der Waals surface area contributed by atoms with Crippen molar-refractivity contribution >= 4 is 0 Å². The highest BCUT2D eigenvalue weighted by Gasteiger charge is 2.35. The number of rotatable bonds is 0. The van der Waals surface area contributed by atoms with Gasteiger partial charge in [0, 0.05) is 0 Å². The minimum atomic E-state index is 1.03. The Morgan fingerprint density at radius 3 is 1.70 bits per heavy atom. The quantitative estimate of drug-likeness (QED) is 0.416. The van der Waals surface area contributed by atoms with Gasteiger partial charge in [0.25, 0.3) is 0 Å². The second-order valence-electron chi connectivity index (χ2n) is 7.49. The lowest BCUT2D eigenvalue weighted by atomic mass is 9.99. The van der Waals surface area contributed by atoms with Crippen LogP contribution in [0, 0.1) is 11.8 Å². The van der Waals surface area contributed by atoms with Crippen molar-refractivity contribution in [3.8, 4) is 0 Å². The Labute approximate surface area is 127 Å². The second kappa shape index (κ2) is 9.64. The second-order valence-corrected chi connectivity index (χ2v) is 7.49. The van der Waals surface area contributed by atoms with E-state index in [-0.39, 0.29) is 0 Å². The normalized spacial score (nSPS) is 31.9. The van der Waals surface area contributed by atoms with Crippen LogP contribution in [0.1, 0.15) is 103 Å². The van der Waals surface area contributed by atoms with Crippen molar-refractivity contribution < 1.29 is 0 Å². The molecule has 0 aromatic heterocycles. The Morgan fingerprint density at radius 1 is 0.600 bits per heavy atom. The van der Waals surface area contributed by atoms with Crippen LogP contribution in [-0.2, 0) is 0 Å². The first kappa shape index (κ1) is 16.1. The fourth-order valence-corrected chi connectivity index (χ4v) is 3.94. The van der Waals surface area contributed by atoms with Crippen molar-refractivity contribution in [2.75, 3.05) is 0 Å². The maximum atomic E-state index is 4.32. The molecule has 2 rings (SSSR count). The molecule has 2 fully saturated rings. The van der Waals surface area contributed by atoms with Gasteiger partial charge in [-0.05, 0) is 37.5 Å². The van der Waals surface area contributed by atoms with E-state index in [0.29, 0.717) is 0 Å². The van der Waals surface area contributed by atoms with E-state index >= 15 is 0 Å². The van der Waals surface area contributed by atoms with Gasteiger partial charge >= 0.3 is 0 Å². The molecule has 0 amide bonds. The fraction of sp³-hybridized carbons (Fsp3) is 0.900. The third-order valence-corrected chi connectivity index (χ3v) is 5.48. The van der Waals surface area contributed by atoms with Crippen LogP contribution in [0.15, 0.2) is 12.2 Å². The summed E-state index contributed by atoms with van der Waals surface area (Å²) in [5.41, 5.74) is 1.55. The summed E-state index contributed by atoms with van der Waals surface area (Å²) in [5, 5.41) is 0. The molecule has 2 atom stereocenters. The molecule has 0 aliphatic heterocycles. The summed E-state index contributed by atoms with van der Waals surface area (Å²) in [4.78, 5) is 0. The van der Waals surface area contributed by atoms with E-state index in [9.17, 15) is 0 Å². The zero-order valence-corrected chi connectivity index (χ0v) is 13.7. The molecule has 0 radical (unpaired) electrons. The first-order valence-corrected chi connectivity index (χ1v) is 9.53. The molecule has 0 spiro atoms. The third kappa shape index (κ3) is 6.95. The Balaban J connectivity index is 1.62. The predicted octanol–water partition coefficient (Wildman–Crippen LogP) is 7.04. The molecule has 0 N–H and O–H groups in total.